The van der Waals surface area contributed by atoms with Crippen LogP contribution in [0, 0.1) is 45.3 Å². The molecule has 5 aliphatic rings. The van der Waals surface area contributed by atoms with Gasteiger partial charge in [-0.3, -0.25) is 4.79 Å². The van der Waals surface area contributed by atoms with E-state index >= 15 is 0 Å². The topological polar surface area (TPSA) is 78.3 Å². The maximum Gasteiger partial charge on any atom is 0.339 e. The van der Waals surface area contributed by atoms with E-state index in [4.69, 9.17) is 18.6 Å². The van der Waals surface area contributed by atoms with Crippen LogP contribution < -0.4 is 0 Å². The van der Waals surface area contributed by atoms with Crippen LogP contribution in [0.2, 0.25) is 0 Å². The highest BCUT2D eigenvalue weighted by atomic mass is 16.7. The summed E-state index contributed by atoms with van der Waals surface area (Å²) in [6.07, 6.45) is 5.75. The van der Waals surface area contributed by atoms with E-state index in [0.29, 0.717) is 17.8 Å². The molecular formula is C30H42O6. The van der Waals surface area contributed by atoms with Gasteiger partial charge in [0.2, 0.25) is 0 Å². The minimum Gasteiger partial charge on any atom is -0.472 e. The third kappa shape index (κ3) is 2.58. The normalized spacial score (nSPS) is 52.7. The zero-order valence-corrected chi connectivity index (χ0v) is 23.1. The van der Waals surface area contributed by atoms with Gasteiger partial charge in [0.15, 0.2) is 6.10 Å². The first-order valence-electron chi connectivity index (χ1n) is 13.8. The lowest BCUT2D eigenvalue weighted by molar-refractivity contribution is -0.281. The molecule has 3 saturated carbocycles. The molecule has 0 bridgehead atoms. The summed E-state index contributed by atoms with van der Waals surface area (Å²) in [5, 5.41) is 0. The fraction of sp³-hybridized carbons (Fsp3) is 0.800. The summed E-state index contributed by atoms with van der Waals surface area (Å²) in [7, 11) is 0. The fourth-order valence-electron chi connectivity index (χ4n) is 10.5. The third-order valence-electron chi connectivity index (χ3n) is 12.7. The van der Waals surface area contributed by atoms with Crippen molar-refractivity contribution in [1.82, 2.24) is 0 Å². The highest BCUT2D eigenvalue weighted by molar-refractivity contribution is 5.82. The number of esters is 2. The maximum absolute atomic E-state index is 13.4. The van der Waals surface area contributed by atoms with E-state index in [9.17, 15) is 9.59 Å². The number of rotatable bonds is 2. The Morgan fingerprint density at radius 3 is 2.39 bits per heavy atom. The van der Waals surface area contributed by atoms with Gasteiger partial charge in [0.1, 0.15) is 17.8 Å². The summed E-state index contributed by atoms with van der Waals surface area (Å²) in [4.78, 5) is 25.9. The van der Waals surface area contributed by atoms with Crippen LogP contribution in [0.5, 0.6) is 0 Å². The predicted octanol–water partition coefficient (Wildman–Crippen LogP) is 6.10. The Balaban J connectivity index is 1.55. The monoisotopic (exact) mass is 498 g/mol. The molecule has 5 unspecified atom stereocenters. The van der Waals surface area contributed by atoms with Gasteiger partial charge in [-0.2, -0.15) is 0 Å². The smallest absolute Gasteiger partial charge is 0.339 e. The van der Waals surface area contributed by atoms with Crippen molar-refractivity contribution >= 4 is 11.9 Å². The number of carbonyl (C=O) groups is 2. The Labute approximate surface area is 214 Å². The minimum atomic E-state index is -0.749. The number of epoxide rings is 1. The largest absolute Gasteiger partial charge is 0.472 e. The quantitative estimate of drug-likeness (QED) is 0.362. The van der Waals surface area contributed by atoms with Crippen LogP contribution in [-0.4, -0.2) is 29.7 Å². The molecule has 6 nitrogen and oxygen atoms in total. The second-order valence-electron chi connectivity index (χ2n) is 14.0. The lowest BCUT2D eigenvalue weighted by Crippen LogP contribution is -2.74. The molecule has 5 fully saturated rings. The molecule has 6 heteroatoms. The third-order valence-corrected chi connectivity index (χ3v) is 12.7. The fourth-order valence-corrected chi connectivity index (χ4v) is 10.5. The molecule has 2 saturated heterocycles. The molecule has 2 aliphatic heterocycles. The maximum atomic E-state index is 13.4. The number of hydrogen-bond acceptors (Lipinski definition) is 6. The summed E-state index contributed by atoms with van der Waals surface area (Å²) in [6.45, 7) is 18.1. The molecule has 0 amide bonds. The van der Waals surface area contributed by atoms with Gasteiger partial charge in [0, 0.05) is 23.3 Å². The molecule has 1 aromatic heterocycles. The summed E-state index contributed by atoms with van der Waals surface area (Å²) in [5.41, 5.74) is -0.696. The van der Waals surface area contributed by atoms with Crippen molar-refractivity contribution in [1.29, 1.82) is 0 Å². The van der Waals surface area contributed by atoms with Crippen LogP contribution in [0.15, 0.2) is 23.0 Å². The van der Waals surface area contributed by atoms with Crippen LogP contribution in [0.1, 0.15) is 92.7 Å². The van der Waals surface area contributed by atoms with Crippen molar-refractivity contribution in [3.63, 3.8) is 0 Å². The number of fused-ring (bicyclic) bond motifs is 3. The van der Waals surface area contributed by atoms with Gasteiger partial charge >= 0.3 is 11.9 Å². The van der Waals surface area contributed by atoms with Crippen molar-refractivity contribution in [3.05, 3.63) is 24.2 Å². The SMILES string of the molecule is CC(=O)O[C@@H]1CC2C(C)(C)[C@H](C)CC(C)[C@]2(C)C2CCC3(C)C(c4ccoc4)OC(=O)[C@H]4O[C@]43[C@@]21C. The Hall–Kier alpha value is -1.82. The van der Waals surface area contributed by atoms with E-state index < -0.39 is 28.6 Å². The average Bonchev–Trinajstić information content (AvgIpc) is 3.36. The van der Waals surface area contributed by atoms with E-state index in [2.05, 4.69) is 48.5 Å². The van der Waals surface area contributed by atoms with Gasteiger partial charge < -0.3 is 18.6 Å². The predicted molar refractivity (Wildman–Crippen MR) is 133 cm³/mol. The first-order valence-corrected chi connectivity index (χ1v) is 13.8. The zero-order valence-electron chi connectivity index (χ0n) is 23.1. The van der Waals surface area contributed by atoms with E-state index in [1.807, 2.05) is 6.07 Å². The zero-order chi connectivity index (χ0) is 26.1. The highest BCUT2D eigenvalue weighted by Gasteiger charge is 2.88. The Morgan fingerprint density at radius 2 is 1.75 bits per heavy atom. The van der Waals surface area contributed by atoms with Gasteiger partial charge in [-0.15, -0.1) is 0 Å². The molecule has 0 aromatic carbocycles. The van der Waals surface area contributed by atoms with Crippen LogP contribution >= 0.6 is 0 Å². The van der Waals surface area contributed by atoms with Crippen molar-refractivity contribution in [2.75, 3.05) is 0 Å². The van der Waals surface area contributed by atoms with Gasteiger partial charge in [-0.25, -0.2) is 4.79 Å². The lowest BCUT2D eigenvalue weighted by atomic mass is 9.32. The van der Waals surface area contributed by atoms with Gasteiger partial charge in [-0.1, -0.05) is 48.5 Å². The van der Waals surface area contributed by atoms with Gasteiger partial charge in [-0.05, 0) is 66.3 Å². The lowest BCUT2D eigenvalue weighted by Gasteiger charge is -2.72. The van der Waals surface area contributed by atoms with E-state index in [1.165, 1.54) is 13.3 Å². The standard InChI is InChI=1S/C30H42O6/c1-16-13-17(2)28(7)20-9-11-27(6)23(19-10-12-33-15-19)35-25(32)24-30(27,36-24)29(20,8)22(34-18(3)31)14-21(28)26(16,4)5/h10,12,15-17,20-24H,9,11,13-14H2,1-8H3/t16-,17?,20?,21?,22-,23?,24-,27?,28-,29+,30-/m1/s1. The summed E-state index contributed by atoms with van der Waals surface area (Å²) in [6, 6.07) is 1.89. The molecule has 36 heavy (non-hydrogen) atoms. The number of carbonyl (C=O) groups excluding carboxylic acids is 2. The molecular weight excluding hydrogens is 456 g/mol. The van der Waals surface area contributed by atoms with Gasteiger partial charge in [0.05, 0.1) is 12.5 Å². The molecule has 1 aromatic rings. The van der Waals surface area contributed by atoms with Crippen molar-refractivity contribution in [2.24, 2.45) is 45.3 Å². The van der Waals surface area contributed by atoms with Crippen molar-refractivity contribution < 1.29 is 28.2 Å². The number of furan rings is 1. The van der Waals surface area contributed by atoms with E-state index in [0.717, 1.165) is 24.8 Å². The van der Waals surface area contributed by atoms with Crippen LogP contribution in [0.4, 0.5) is 0 Å². The van der Waals surface area contributed by atoms with Crippen LogP contribution in [0.3, 0.4) is 0 Å². The number of cyclic esters (lactones) is 1. The first kappa shape index (κ1) is 24.5. The van der Waals surface area contributed by atoms with Crippen molar-refractivity contribution in [3.8, 4) is 0 Å². The molecule has 0 N–H and O–H groups in total. The molecule has 0 radical (unpaired) electrons. The first-order chi connectivity index (χ1) is 16.8. The van der Waals surface area contributed by atoms with Gasteiger partial charge in [0.25, 0.3) is 0 Å². The molecule has 3 aliphatic carbocycles. The second-order valence-corrected chi connectivity index (χ2v) is 14.0. The Bertz CT molecular complexity index is 1090. The number of ether oxygens (including phenoxy) is 3. The summed E-state index contributed by atoms with van der Waals surface area (Å²) < 4.78 is 24.4. The van der Waals surface area contributed by atoms with Crippen molar-refractivity contribution in [2.45, 2.75) is 105 Å². The molecule has 1 spiro atoms. The number of hydrogen-bond donors (Lipinski definition) is 0. The molecule has 11 atom stereocenters. The van der Waals surface area contributed by atoms with Crippen LogP contribution in [-0.2, 0) is 23.8 Å². The Morgan fingerprint density at radius 1 is 1.03 bits per heavy atom. The minimum absolute atomic E-state index is 0.0421. The Kier molecular flexibility index (Phi) is 4.89. The van der Waals surface area contributed by atoms with E-state index in [-0.39, 0.29) is 34.8 Å². The molecule has 3 heterocycles. The highest BCUT2D eigenvalue weighted by Crippen LogP contribution is 2.81. The average molecular weight is 499 g/mol. The summed E-state index contributed by atoms with van der Waals surface area (Å²) in [5.74, 6) is 1.20. The molecule has 6 rings (SSSR count). The summed E-state index contributed by atoms with van der Waals surface area (Å²) >= 11 is 0. The van der Waals surface area contributed by atoms with E-state index in [1.54, 1.807) is 12.5 Å². The second kappa shape index (κ2) is 7.18. The molecule has 198 valence electrons. The van der Waals surface area contributed by atoms with Crippen LogP contribution in [0.25, 0.3) is 0 Å².